The Labute approximate surface area is 263 Å². The van der Waals surface area contributed by atoms with Gasteiger partial charge in [-0.2, -0.15) is 0 Å². The second kappa shape index (κ2) is 10.8. The SMILES string of the molecule is CCOC(=O)[C@@H]1C2CCC(CC2)[C@H]1n1cc(F)c2c(Cl)nc(-c3cn(S(=O)(=O)c4ccc(C)cc4)c4ncc(Cl)cc34)nc21. The minimum Gasteiger partial charge on any atom is -0.466 e. The van der Waals surface area contributed by atoms with Crippen LogP contribution in [0.25, 0.3) is 33.5 Å². The second-order valence-corrected chi connectivity index (χ2v) is 14.2. The summed E-state index contributed by atoms with van der Waals surface area (Å²) < 4.78 is 51.4. The fourth-order valence-electron chi connectivity index (χ4n) is 7.04. The molecule has 0 spiro atoms. The predicted molar refractivity (Wildman–Crippen MR) is 165 cm³/mol. The quantitative estimate of drug-likeness (QED) is 0.143. The van der Waals surface area contributed by atoms with Crippen LogP contribution in [-0.2, 0) is 19.6 Å². The molecule has 2 bridgehead atoms. The Morgan fingerprint density at radius 1 is 1.05 bits per heavy atom. The standard InChI is InChI=1S/C31H28Cl2FN5O4S/c1-3-43-31(40)24-17-6-8-18(9-7-17)26(24)38-15-23(34)25-27(33)36-28(37-30(25)38)22-14-39(29-21(22)12-19(32)13-35-29)44(41,42)20-10-4-16(2)5-11-20/h4-5,10-15,17-18,24,26H,3,6-9H2,1-2H3/t17?,18?,24-,26-/m1/s1. The van der Waals surface area contributed by atoms with Crippen LogP contribution in [0.4, 0.5) is 4.39 Å². The maximum atomic E-state index is 15.5. The molecule has 1 aromatic carbocycles. The van der Waals surface area contributed by atoms with E-state index < -0.39 is 21.8 Å². The largest absolute Gasteiger partial charge is 0.466 e. The number of nitrogens with zero attached hydrogens (tertiary/aromatic N) is 5. The van der Waals surface area contributed by atoms with Crippen molar-refractivity contribution in [1.29, 1.82) is 0 Å². The number of esters is 1. The number of ether oxygens (including phenoxy) is 1. The van der Waals surface area contributed by atoms with Crippen molar-refractivity contribution in [2.24, 2.45) is 17.8 Å². The van der Waals surface area contributed by atoms with Gasteiger partial charge in [0.2, 0.25) is 0 Å². The fraction of sp³-hybridized carbons (Fsp3) is 0.355. The number of benzene rings is 1. The molecule has 3 fully saturated rings. The van der Waals surface area contributed by atoms with Crippen molar-refractivity contribution in [2.75, 3.05) is 6.61 Å². The van der Waals surface area contributed by atoms with E-state index in [1.807, 2.05) is 6.92 Å². The van der Waals surface area contributed by atoms with Crippen molar-refractivity contribution in [3.63, 3.8) is 0 Å². The van der Waals surface area contributed by atoms with E-state index in [0.717, 1.165) is 35.2 Å². The summed E-state index contributed by atoms with van der Waals surface area (Å²) in [6.07, 6.45) is 7.73. The first-order chi connectivity index (χ1) is 21.1. The number of aromatic nitrogens is 5. The molecule has 0 amide bonds. The van der Waals surface area contributed by atoms with Gasteiger partial charge in [0.1, 0.15) is 10.8 Å². The number of aryl methyl sites for hydroxylation is 1. The average molecular weight is 657 g/mol. The maximum Gasteiger partial charge on any atom is 0.311 e. The zero-order valence-corrected chi connectivity index (χ0v) is 26.2. The molecule has 0 unspecified atom stereocenters. The third-order valence-corrected chi connectivity index (χ3v) is 11.2. The van der Waals surface area contributed by atoms with E-state index in [1.54, 1.807) is 29.7 Å². The molecular weight excluding hydrogens is 628 g/mol. The lowest BCUT2D eigenvalue weighted by atomic mass is 9.61. The number of hydrogen-bond acceptors (Lipinski definition) is 7. The third-order valence-electron chi connectivity index (χ3n) is 9.03. The van der Waals surface area contributed by atoms with Crippen LogP contribution in [0.15, 0.2) is 53.8 Å². The minimum absolute atomic E-state index is 0.0339. The average Bonchev–Trinajstić information content (AvgIpc) is 3.55. The van der Waals surface area contributed by atoms with Gasteiger partial charge in [0, 0.05) is 29.5 Å². The second-order valence-electron chi connectivity index (χ2n) is 11.5. The van der Waals surface area contributed by atoms with E-state index in [-0.39, 0.29) is 68.0 Å². The number of carbonyl (C=O) groups excluding carboxylic acids is 1. The molecular formula is C31H28Cl2FN5O4S. The van der Waals surface area contributed by atoms with Gasteiger partial charge >= 0.3 is 5.97 Å². The molecule has 228 valence electrons. The first-order valence-corrected chi connectivity index (χ1v) is 16.7. The molecule has 0 saturated heterocycles. The lowest BCUT2D eigenvalue weighted by Crippen LogP contribution is -2.45. The number of rotatable bonds is 6. The highest BCUT2D eigenvalue weighted by Gasteiger charge is 2.49. The van der Waals surface area contributed by atoms with Crippen molar-refractivity contribution in [2.45, 2.75) is 50.5 Å². The van der Waals surface area contributed by atoms with Crippen LogP contribution in [0.3, 0.4) is 0 Å². The molecule has 4 aromatic heterocycles. The maximum absolute atomic E-state index is 15.5. The van der Waals surface area contributed by atoms with E-state index in [9.17, 15) is 13.2 Å². The molecule has 0 aliphatic heterocycles. The number of carbonyl (C=O) groups is 1. The molecule has 3 saturated carbocycles. The highest BCUT2D eigenvalue weighted by Crippen LogP contribution is 2.53. The fourth-order valence-corrected chi connectivity index (χ4v) is 8.77. The van der Waals surface area contributed by atoms with Gasteiger partial charge in [-0.15, -0.1) is 0 Å². The summed E-state index contributed by atoms with van der Waals surface area (Å²) >= 11 is 12.9. The number of hydrogen-bond donors (Lipinski definition) is 0. The smallest absolute Gasteiger partial charge is 0.311 e. The Bertz CT molecular complexity index is 2050. The molecule has 3 aliphatic rings. The topological polar surface area (TPSA) is 109 Å². The number of fused-ring (bicyclic) bond motifs is 5. The molecule has 4 heterocycles. The summed E-state index contributed by atoms with van der Waals surface area (Å²) in [4.78, 5) is 26.8. The van der Waals surface area contributed by atoms with Crippen LogP contribution in [0, 0.1) is 30.5 Å². The monoisotopic (exact) mass is 655 g/mol. The first kappa shape index (κ1) is 29.2. The van der Waals surface area contributed by atoms with Gasteiger partial charge in [-0.25, -0.2) is 31.7 Å². The van der Waals surface area contributed by atoms with Gasteiger partial charge in [-0.1, -0.05) is 40.9 Å². The number of pyridine rings is 1. The Kier molecular flexibility index (Phi) is 7.17. The number of halogens is 3. The zero-order chi connectivity index (χ0) is 30.9. The van der Waals surface area contributed by atoms with Crippen molar-refractivity contribution in [3.8, 4) is 11.4 Å². The summed E-state index contributed by atoms with van der Waals surface area (Å²) in [6, 6.07) is 7.69. The van der Waals surface area contributed by atoms with Crippen molar-refractivity contribution in [3.05, 3.63) is 70.5 Å². The van der Waals surface area contributed by atoms with E-state index in [2.05, 4.69) is 9.97 Å². The Morgan fingerprint density at radius 3 is 2.45 bits per heavy atom. The van der Waals surface area contributed by atoms with Crippen LogP contribution in [-0.4, -0.2) is 44.5 Å². The molecule has 0 radical (unpaired) electrons. The highest BCUT2D eigenvalue weighted by atomic mass is 35.5. The molecule has 5 aromatic rings. The lowest BCUT2D eigenvalue weighted by molar-refractivity contribution is -0.157. The van der Waals surface area contributed by atoms with Crippen LogP contribution >= 0.6 is 23.2 Å². The van der Waals surface area contributed by atoms with Crippen LogP contribution in [0.1, 0.15) is 44.2 Å². The minimum atomic E-state index is -4.08. The molecule has 8 rings (SSSR count). The van der Waals surface area contributed by atoms with E-state index in [4.69, 9.17) is 32.9 Å². The summed E-state index contributed by atoms with van der Waals surface area (Å²) in [5.74, 6) is -1.01. The Morgan fingerprint density at radius 2 is 1.75 bits per heavy atom. The zero-order valence-electron chi connectivity index (χ0n) is 23.9. The molecule has 0 N–H and O–H groups in total. The summed E-state index contributed by atoms with van der Waals surface area (Å²) in [5, 5.41) is 0.559. The van der Waals surface area contributed by atoms with Crippen LogP contribution in [0.2, 0.25) is 10.2 Å². The summed E-state index contributed by atoms with van der Waals surface area (Å²) in [5.41, 5.74) is 1.56. The third kappa shape index (κ3) is 4.59. The van der Waals surface area contributed by atoms with Gasteiger partial charge in [-0.3, -0.25) is 4.79 Å². The molecule has 2 atom stereocenters. The van der Waals surface area contributed by atoms with Crippen molar-refractivity contribution >= 4 is 61.3 Å². The summed E-state index contributed by atoms with van der Waals surface area (Å²) in [7, 11) is -4.08. The van der Waals surface area contributed by atoms with Gasteiger partial charge in [0.05, 0.1) is 33.9 Å². The molecule has 3 aliphatic carbocycles. The van der Waals surface area contributed by atoms with Crippen LogP contribution in [0.5, 0.6) is 0 Å². The van der Waals surface area contributed by atoms with Gasteiger partial charge in [0.15, 0.2) is 17.3 Å². The lowest BCUT2D eigenvalue weighted by Gasteiger charge is -2.47. The van der Waals surface area contributed by atoms with E-state index >= 15 is 4.39 Å². The van der Waals surface area contributed by atoms with Gasteiger partial charge in [0.25, 0.3) is 10.0 Å². The van der Waals surface area contributed by atoms with E-state index in [1.165, 1.54) is 30.7 Å². The predicted octanol–water partition coefficient (Wildman–Crippen LogP) is 6.98. The Balaban J connectivity index is 1.43. The first-order valence-electron chi connectivity index (χ1n) is 14.5. The van der Waals surface area contributed by atoms with E-state index in [0.29, 0.717) is 10.9 Å². The van der Waals surface area contributed by atoms with Gasteiger partial charge < -0.3 is 9.30 Å². The normalized spacial score (nSPS) is 21.8. The molecule has 9 nitrogen and oxygen atoms in total. The molecule has 13 heteroatoms. The summed E-state index contributed by atoms with van der Waals surface area (Å²) in [6.45, 7) is 3.89. The molecule has 44 heavy (non-hydrogen) atoms. The van der Waals surface area contributed by atoms with Crippen LogP contribution < -0.4 is 0 Å². The Hall–Kier alpha value is -3.54. The van der Waals surface area contributed by atoms with Crippen molar-refractivity contribution < 1.29 is 22.3 Å². The van der Waals surface area contributed by atoms with Crippen molar-refractivity contribution in [1.82, 2.24) is 23.5 Å². The highest BCUT2D eigenvalue weighted by molar-refractivity contribution is 7.90. The van der Waals surface area contributed by atoms with Gasteiger partial charge in [-0.05, 0) is 69.6 Å².